The zero-order valence-electron chi connectivity index (χ0n) is 13.1. The quantitative estimate of drug-likeness (QED) is 0.670. The van der Waals surface area contributed by atoms with Gasteiger partial charge in [0.25, 0.3) is 0 Å². The molecule has 1 aromatic rings. The Kier molecular flexibility index (Phi) is 11.5. The second-order valence-electron chi connectivity index (χ2n) is 5.05. The summed E-state index contributed by atoms with van der Waals surface area (Å²) in [5.41, 5.74) is 5.42. The number of hydrogen-bond donors (Lipinski definition) is 1. The number of nitrogens with two attached hydrogens (primary N) is 1. The topological polar surface area (TPSA) is 55.6 Å². The van der Waals surface area contributed by atoms with Crippen molar-refractivity contribution >= 4 is 18.3 Å². The van der Waals surface area contributed by atoms with E-state index in [0.717, 1.165) is 25.7 Å². The third-order valence-electron chi connectivity index (χ3n) is 3.29. The predicted molar refractivity (Wildman–Crippen MR) is 88.9 cm³/mol. The van der Waals surface area contributed by atoms with Gasteiger partial charge in [0.15, 0.2) is 11.6 Å². The van der Waals surface area contributed by atoms with E-state index in [1.807, 2.05) is 0 Å². The Morgan fingerprint density at radius 1 is 1.23 bits per heavy atom. The summed E-state index contributed by atoms with van der Waals surface area (Å²) in [6.07, 6.45) is 4.55. The number of rotatable bonds is 10. The van der Waals surface area contributed by atoms with E-state index in [1.54, 1.807) is 30.1 Å². The van der Waals surface area contributed by atoms with E-state index in [4.69, 9.17) is 10.5 Å². The normalized spacial score (nSPS) is 9.95. The van der Waals surface area contributed by atoms with Crippen molar-refractivity contribution in [2.45, 2.75) is 32.1 Å². The lowest BCUT2D eigenvalue weighted by atomic mass is 10.1. The third-order valence-corrected chi connectivity index (χ3v) is 3.29. The molecule has 0 unspecified atom stereocenters. The first-order valence-corrected chi connectivity index (χ1v) is 7.46. The third kappa shape index (κ3) is 8.20. The van der Waals surface area contributed by atoms with E-state index in [9.17, 15) is 9.18 Å². The predicted octanol–water partition coefficient (Wildman–Crippen LogP) is 2.99. The van der Waals surface area contributed by atoms with Crippen LogP contribution in [-0.2, 0) is 4.79 Å². The lowest BCUT2D eigenvalue weighted by molar-refractivity contribution is -0.130. The van der Waals surface area contributed by atoms with Gasteiger partial charge >= 0.3 is 0 Å². The number of carbonyl (C=O) groups is 1. The number of carbonyl (C=O) groups excluding carboxylic acids is 1. The highest BCUT2D eigenvalue weighted by Gasteiger charge is 2.09. The second kappa shape index (κ2) is 12.2. The fourth-order valence-electron chi connectivity index (χ4n) is 1.94. The van der Waals surface area contributed by atoms with Gasteiger partial charge in [0.2, 0.25) is 5.91 Å². The van der Waals surface area contributed by atoms with Gasteiger partial charge < -0.3 is 15.4 Å². The number of nitrogens with zero attached hydrogens (tertiary/aromatic N) is 1. The summed E-state index contributed by atoms with van der Waals surface area (Å²) in [6, 6.07) is 6.26. The minimum Gasteiger partial charge on any atom is -0.489 e. The Balaban J connectivity index is 0.00000441. The smallest absolute Gasteiger partial charge is 0.222 e. The standard InChI is InChI=1S/C16H25FN2O2.ClH/c1-19(16(20)10-4-2-3-7-11-18)12-13-21-15-9-6-5-8-14(15)17;/h5-6,8-9H,2-4,7,10-13,18H2,1H3;1H. The van der Waals surface area contributed by atoms with Gasteiger partial charge in [-0.25, -0.2) is 4.39 Å². The van der Waals surface area contributed by atoms with Crippen LogP contribution in [0.1, 0.15) is 32.1 Å². The Labute approximate surface area is 138 Å². The summed E-state index contributed by atoms with van der Waals surface area (Å²) >= 11 is 0. The number of hydrogen-bond acceptors (Lipinski definition) is 3. The number of benzene rings is 1. The first kappa shape index (κ1) is 20.7. The molecule has 0 fully saturated rings. The molecule has 0 radical (unpaired) electrons. The summed E-state index contributed by atoms with van der Waals surface area (Å²) in [4.78, 5) is 13.5. The molecule has 4 nitrogen and oxygen atoms in total. The van der Waals surface area contributed by atoms with Gasteiger partial charge in [-0.2, -0.15) is 0 Å². The van der Waals surface area contributed by atoms with Gasteiger partial charge in [-0.05, 0) is 31.5 Å². The molecule has 0 bridgehead atoms. The van der Waals surface area contributed by atoms with Gasteiger partial charge in [0.05, 0.1) is 6.54 Å². The van der Waals surface area contributed by atoms with Gasteiger partial charge in [-0.3, -0.25) is 4.79 Å². The van der Waals surface area contributed by atoms with Crippen molar-refractivity contribution in [1.29, 1.82) is 0 Å². The highest BCUT2D eigenvalue weighted by Crippen LogP contribution is 2.15. The fraction of sp³-hybridized carbons (Fsp3) is 0.562. The number of unbranched alkanes of at least 4 members (excludes halogenated alkanes) is 3. The molecule has 1 amide bonds. The molecule has 1 rings (SSSR count). The van der Waals surface area contributed by atoms with Crippen molar-refractivity contribution in [2.75, 3.05) is 26.7 Å². The number of ether oxygens (including phenoxy) is 1. The van der Waals surface area contributed by atoms with E-state index >= 15 is 0 Å². The lowest BCUT2D eigenvalue weighted by Gasteiger charge is -2.17. The summed E-state index contributed by atoms with van der Waals surface area (Å²) in [7, 11) is 1.74. The van der Waals surface area contributed by atoms with Crippen molar-refractivity contribution in [3.63, 3.8) is 0 Å². The highest BCUT2D eigenvalue weighted by atomic mass is 35.5. The highest BCUT2D eigenvalue weighted by molar-refractivity contribution is 5.85. The maximum Gasteiger partial charge on any atom is 0.222 e. The average Bonchev–Trinajstić information content (AvgIpc) is 2.48. The second-order valence-corrected chi connectivity index (χ2v) is 5.05. The van der Waals surface area contributed by atoms with Crippen LogP contribution in [0.2, 0.25) is 0 Å². The van der Waals surface area contributed by atoms with Crippen LogP contribution in [0.5, 0.6) is 5.75 Å². The van der Waals surface area contributed by atoms with Crippen LogP contribution >= 0.6 is 12.4 Å². The molecule has 22 heavy (non-hydrogen) atoms. The van der Waals surface area contributed by atoms with Crippen molar-refractivity contribution in [2.24, 2.45) is 5.73 Å². The molecule has 0 heterocycles. The van der Waals surface area contributed by atoms with Gasteiger partial charge in [-0.1, -0.05) is 25.0 Å². The van der Waals surface area contributed by atoms with Gasteiger partial charge in [0.1, 0.15) is 6.61 Å². The van der Waals surface area contributed by atoms with E-state index in [-0.39, 0.29) is 36.5 Å². The molecular weight excluding hydrogens is 307 g/mol. The zero-order valence-corrected chi connectivity index (χ0v) is 13.9. The Morgan fingerprint density at radius 2 is 1.91 bits per heavy atom. The minimum absolute atomic E-state index is 0. The summed E-state index contributed by atoms with van der Waals surface area (Å²) in [5.74, 6) is -0.0635. The Morgan fingerprint density at radius 3 is 2.59 bits per heavy atom. The maximum absolute atomic E-state index is 13.3. The van der Waals surface area contributed by atoms with Crippen LogP contribution in [0.15, 0.2) is 24.3 Å². The molecule has 6 heteroatoms. The van der Waals surface area contributed by atoms with Crippen molar-refractivity contribution in [3.05, 3.63) is 30.1 Å². The lowest BCUT2D eigenvalue weighted by Crippen LogP contribution is -2.30. The maximum atomic E-state index is 13.3. The van der Waals surface area contributed by atoms with Crippen LogP contribution in [0.3, 0.4) is 0 Å². The molecule has 0 spiro atoms. The molecule has 0 aromatic heterocycles. The van der Waals surface area contributed by atoms with Crippen molar-refractivity contribution in [3.8, 4) is 5.75 Å². The van der Waals surface area contributed by atoms with E-state index in [1.165, 1.54) is 6.07 Å². The molecule has 1 aromatic carbocycles. The molecule has 0 atom stereocenters. The van der Waals surface area contributed by atoms with E-state index < -0.39 is 0 Å². The minimum atomic E-state index is -0.383. The fourth-order valence-corrected chi connectivity index (χ4v) is 1.94. The average molecular weight is 333 g/mol. The number of halogens is 2. The van der Waals surface area contributed by atoms with Crippen molar-refractivity contribution < 1.29 is 13.9 Å². The Hall–Kier alpha value is -1.33. The van der Waals surface area contributed by atoms with Gasteiger partial charge in [0, 0.05) is 13.5 Å². The molecule has 0 saturated carbocycles. The van der Waals surface area contributed by atoms with E-state index in [2.05, 4.69) is 0 Å². The van der Waals surface area contributed by atoms with Crippen LogP contribution in [0.25, 0.3) is 0 Å². The van der Waals surface area contributed by atoms with Gasteiger partial charge in [-0.15, -0.1) is 12.4 Å². The summed E-state index contributed by atoms with van der Waals surface area (Å²) in [5, 5.41) is 0. The number of amides is 1. The zero-order chi connectivity index (χ0) is 15.5. The molecule has 2 N–H and O–H groups in total. The summed E-state index contributed by atoms with van der Waals surface area (Å²) in [6.45, 7) is 1.45. The van der Waals surface area contributed by atoms with E-state index in [0.29, 0.717) is 19.5 Å². The first-order chi connectivity index (χ1) is 10.1. The molecule has 0 aliphatic carbocycles. The molecule has 126 valence electrons. The first-order valence-electron chi connectivity index (χ1n) is 7.46. The summed E-state index contributed by atoms with van der Waals surface area (Å²) < 4.78 is 18.7. The molecule has 0 aliphatic heterocycles. The Bertz CT molecular complexity index is 432. The SMILES string of the molecule is CN(CCOc1ccccc1F)C(=O)CCCCCCN.Cl. The van der Waals surface area contributed by atoms with Crippen molar-refractivity contribution in [1.82, 2.24) is 4.90 Å². The van der Waals surface area contributed by atoms with Crippen LogP contribution < -0.4 is 10.5 Å². The molecule has 0 aliphatic rings. The number of para-hydroxylation sites is 1. The number of likely N-dealkylation sites (N-methyl/N-ethyl adjacent to an activating group) is 1. The monoisotopic (exact) mass is 332 g/mol. The molecule has 0 saturated heterocycles. The molecular formula is C16H26ClFN2O2. The van der Waals surface area contributed by atoms with Crippen LogP contribution in [0, 0.1) is 5.82 Å². The largest absolute Gasteiger partial charge is 0.489 e. The van der Waals surface area contributed by atoms with Crippen LogP contribution in [-0.4, -0.2) is 37.6 Å². The van der Waals surface area contributed by atoms with Crippen LogP contribution in [0.4, 0.5) is 4.39 Å².